The SMILES string of the molecule is CCCCCCC[C@@H]1CO[C@@H](c2ccc(CC)cc2)CO1. The monoisotopic (exact) mass is 290 g/mol. The van der Waals surface area contributed by atoms with E-state index >= 15 is 0 Å². The molecule has 1 aromatic rings. The van der Waals surface area contributed by atoms with Gasteiger partial charge >= 0.3 is 0 Å². The third-order valence-electron chi connectivity index (χ3n) is 4.36. The third kappa shape index (κ3) is 5.44. The fraction of sp³-hybridized carbons (Fsp3) is 0.684. The van der Waals surface area contributed by atoms with E-state index in [-0.39, 0.29) is 6.10 Å². The van der Waals surface area contributed by atoms with Gasteiger partial charge in [-0.15, -0.1) is 0 Å². The van der Waals surface area contributed by atoms with Crippen LogP contribution >= 0.6 is 0 Å². The number of hydrogen-bond donors (Lipinski definition) is 0. The average Bonchev–Trinajstić information content (AvgIpc) is 2.55. The van der Waals surface area contributed by atoms with Crippen LogP contribution in [0.5, 0.6) is 0 Å². The van der Waals surface area contributed by atoms with Crippen LogP contribution in [-0.2, 0) is 15.9 Å². The zero-order valence-electron chi connectivity index (χ0n) is 13.6. The van der Waals surface area contributed by atoms with Gasteiger partial charge in [0, 0.05) is 0 Å². The molecule has 21 heavy (non-hydrogen) atoms. The van der Waals surface area contributed by atoms with Crippen molar-refractivity contribution in [3.8, 4) is 0 Å². The summed E-state index contributed by atoms with van der Waals surface area (Å²) in [6, 6.07) is 8.74. The van der Waals surface area contributed by atoms with E-state index in [1.807, 2.05) is 0 Å². The highest BCUT2D eigenvalue weighted by molar-refractivity contribution is 5.24. The van der Waals surface area contributed by atoms with Gasteiger partial charge in [0.25, 0.3) is 0 Å². The Kier molecular flexibility index (Phi) is 7.25. The van der Waals surface area contributed by atoms with Crippen LogP contribution < -0.4 is 0 Å². The van der Waals surface area contributed by atoms with Crippen LogP contribution in [-0.4, -0.2) is 19.3 Å². The maximum Gasteiger partial charge on any atom is 0.106 e. The number of hydrogen-bond acceptors (Lipinski definition) is 2. The van der Waals surface area contributed by atoms with Gasteiger partial charge in [-0.25, -0.2) is 0 Å². The lowest BCUT2D eigenvalue weighted by Crippen LogP contribution is -2.31. The average molecular weight is 290 g/mol. The second-order valence-electron chi connectivity index (χ2n) is 6.08. The molecule has 2 heteroatoms. The zero-order valence-corrected chi connectivity index (χ0v) is 13.6. The van der Waals surface area contributed by atoms with Crippen molar-refractivity contribution in [2.24, 2.45) is 0 Å². The van der Waals surface area contributed by atoms with Crippen molar-refractivity contribution in [3.05, 3.63) is 35.4 Å². The van der Waals surface area contributed by atoms with Gasteiger partial charge < -0.3 is 9.47 Å². The second kappa shape index (κ2) is 9.22. The van der Waals surface area contributed by atoms with Gasteiger partial charge in [-0.2, -0.15) is 0 Å². The van der Waals surface area contributed by atoms with Gasteiger partial charge in [0.05, 0.1) is 19.3 Å². The first-order valence-corrected chi connectivity index (χ1v) is 8.65. The van der Waals surface area contributed by atoms with Crippen LogP contribution in [0.2, 0.25) is 0 Å². The van der Waals surface area contributed by atoms with E-state index in [4.69, 9.17) is 9.47 Å². The topological polar surface area (TPSA) is 18.5 Å². The summed E-state index contributed by atoms with van der Waals surface area (Å²) >= 11 is 0. The minimum atomic E-state index is 0.118. The highest BCUT2D eigenvalue weighted by Gasteiger charge is 2.23. The van der Waals surface area contributed by atoms with Crippen molar-refractivity contribution in [1.82, 2.24) is 0 Å². The Balaban J connectivity index is 1.67. The molecule has 1 heterocycles. The Morgan fingerprint density at radius 2 is 1.67 bits per heavy atom. The fourth-order valence-electron chi connectivity index (χ4n) is 2.85. The molecular formula is C19H30O2. The van der Waals surface area contributed by atoms with E-state index < -0.39 is 0 Å². The summed E-state index contributed by atoms with van der Waals surface area (Å²) < 4.78 is 12.0. The van der Waals surface area contributed by atoms with Gasteiger partial charge in [-0.3, -0.25) is 0 Å². The van der Waals surface area contributed by atoms with E-state index in [0.29, 0.717) is 12.7 Å². The predicted molar refractivity (Wildman–Crippen MR) is 87.6 cm³/mol. The molecule has 0 unspecified atom stereocenters. The van der Waals surface area contributed by atoms with Crippen LogP contribution in [0.4, 0.5) is 0 Å². The minimum Gasteiger partial charge on any atom is -0.373 e. The third-order valence-corrected chi connectivity index (χ3v) is 4.36. The molecule has 0 N–H and O–H groups in total. The smallest absolute Gasteiger partial charge is 0.106 e. The molecule has 1 aromatic carbocycles. The van der Waals surface area contributed by atoms with Crippen molar-refractivity contribution in [1.29, 1.82) is 0 Å². The zero-order chi connectivity index (χ0) is 14.9. The van der Waals surface area contributed by atoms with E-state index in [1.165, 1.54) is 43.2 Å². The summed E-state index contributed by atoms with van der Waals surface area (Å²) in [4.78, 5) is 0. The summed E-state index contributed by atoms with van der Waals surface area (Å²) in [6.45, 7) is 5.88. The molecule has 0 bridgehead atoms. The lowest BCUT2D eigenvalue weighted by atomic mass is 10.0. The number of ether oxygens (including phenoxy) is 2. The first kappa shape index (κ1) is 16.5. The Hall–Kier alpha value is -0.860. The quantitative estimate of drug-likeness (QED) is 0.623. The molecule has 1 aliphatic rings. The highest BCUT2D eigenvalue weighted by Crippen LogP contribution is 2.25. The molecule has 2 rings (SSSR count). The number of benzene rings is 1. The summed E-state index contributed by atoms with van der Waals surface area (Å²) in [5, 5.41) is 0. The molecule has 0 aliphatic carbocycles. The molecule has 1 aliphatic heterocycles. The van der Waals surface area contributed by atoms with Crippen molar-refractivity contribution >= 4 is 0 Å². The number of rotatable bonds is 8. The molecule has 0 amide bonds. The van der Waals surface area contributed by atoms with E-state index in [1.54, 1.807) is 0 Å². The van der Waals surface area contributed by atoms with Crippen molar-refractivity contribution in [2.75, 3.05) is 13.2 Å². The maximum absolute atomic E-state index is 6.00. The molecule has 0 aromatic heterocycles. The largest absolute Gasteiger partial charge is 0.373 e. The predicted octanol–water partition coefficient (Wildman–Crippen LogP) is 5.07. The molecular weight excluding hydrogens is 260 g/mol. The van der Waals surface area contributed by atoms with Gasteiger partial charge in [-0.05, 0) is 24.0 Å². The summed E-state index contributed by atoms with van der Waals surface area (Å²) in [6.07, 6.45) is 9.27. The van der Waals surface area contributed by atoms with Gasteiger partial charge in [-0.1, -0.05) is 70.2 Å². The van der Waals surface area contributed by atoms with Crippen LogP contribution in [0.25, 0.3) is 0 Å². The Bertz CT molecular complexity index is 377. The summed E-state index contributed by atoms with van der Waals surface area (Å²) in [5.74, 6) is 0. The normalized spacial score (nSPS) is 22.4. The van der Waals surface area contributed by atoms with Gasteiger partial charge in [0.1, 0.15) is 6.10 Å². The van der Waals surface area contributed by atoms with Crippen LogP contribution in [0.1, 0.15) is 69.6 Å². The fourth-order valence-corrected chi connectivity index (χ4v) is 2.85. The van der Waals surface area contributed by atoms with Crippen molar-refractivity contribution in [2.45, 2.75) is 71.0 Å². The summed E-state index contributed by atoms with van der Waals surface area (Å²) in [7, 11) is 0. The Labute approximate surface area is 129 Å². The lowest BCUT2D eigenvalue weighted by Gasteiger charge is -2.30. The highest BCUT2D eigenvalue weighted by atomic mass is 16.6. The molecule has 2 atom stereocenters. The maximum atomic E-state index is 6.00. The van der Waals surface area contributed by atoms with E-state index in [0.717, 1.165) is 19.4 Å². The lowest BCUT2D eigenvalue weighted by molar-refractivity contribution is -0.137. The number of unbranched alkanes of at least 4 members (excludes halogenated alkanes) is 4. The standard InChI is InChI=1S/C19H30O2/c1-3-5-6-7-8-9-18-14-21-19(15-20-18)17-12-10-16(4-2)11-13-17/h10-13,18-19H,3-9,14-15H2,1-2H3/t18-,19-/m1/s1. The van der Waals surface area contributed by atoms with Crippen LogP contribution in [0.3, 0.4) is 0 Å². The molecule has 118 valence electrons. The van der Waals surface area contributed by atoms with Crippen LogP contribution in [0, 0.1) is 0 Å². The Morgan fingerprint density at radius 1 is 0.905 bits per heavy atom. The molecule has 0 radical (unpaired) electrons. The molecule has 1 fully saturated rings. The Morgan fingerprint density at radius 3 is 2.29 bits per heavy atom. The molecule has 0 saturated carbocycles. The van der Waals surface area contributed by atoms with E-state index in [2.05, 4.69) is 38.1 Å². The first-order chi connectivity index (χ1) is 10.3. The van der Waals surface area contributed by atoms with Crippen molar-refractivity contribution in [3.63, 3.8) is 0 Å². The molecule has 1 saturated heterocycles. The first-order valence-electron chi connectivity index (χ1n) is 8.65. The van der Waals surface area contributed by atoms with Gasteiger partial charge in [0.2, 0.25) is 0 Å². The van der Waals surface area contributed by atoms with E-state index in [9.17, 15) is 0 Å². The van der Waals surface area contributed by atoms with Gasteiger partial charge in [0.15, 0.2) is 0 Å². The number of aryl methyl sites for hydroxylation is 1. The van der Waals surface area contributed by atoms with Crippen molar-refractivity contribution < 1.29 is 9.47 Å². The summed E-state index contributed by atoms with van der Waals surface area (Å²) in [5.41, 5.74) is 2.62. The second-order valence-corrected chi connectivity index (χ2v) is 6.08. The van der Waals surface area contributed by atoms with Crippen LogP contribution in [0.15, 0.2) is 24.3 Å². The molecule has 0 spiro atoms. The minimum absolute atomic E-state index is 0.118. The molecule has 2 nitrogen and oxygen atoms in total.